The number of rotatable bonds is 13. The molecule has 6 rings (SSSR count). The Bertz CT molecular complexity index is 1210. The zero-order valence-electron chi connectivity index (χ0n) is 29.9. The predicted octanol–water partition coefficient (Wildman–Crippen LogP) is 13.5. The van der Waals surface area contributed by atoms with E-state index in [1.807, 2.05) is 12.2 Å². The summed E-state index contributed by atoms with van der Waals surface area (Å²) >= 11 is 0. The average Bonchev–Trinajstić information content (AvgIpc) is 3.16. The summed E-state index contributed by atoms with van der Waals surface area (Å²) in [6.45, 7) is 8.59. The summed E-state index contributed by atoms with van der Waals surface area (Å²) < 4.78 is 27.0. The van der Waals surface area contributed by atoms with Gasteiger partial charge in [-0.25, -0.2) is 0 Å². The first-order valence-corrected chi connectivity index (χ1v) is 22.0. The Labute approximate surface area is 294 Å². The van der Waals surface area contributed by atoms with Crippen LogP contribution in [-0.2, 0) is 0 Å². The Hall–Kier alpha value is -2.02. The summed E-state index contributed by atoms with van der Waals surface area (Å²) in [4.78, 5) is 0. The standard InChI is InChI=1S/C42H60O4P2/c1-5-31-27-33(43-3)29-39(41(31)45-47(35-19-11-7-12-20-35)36-21-13-8-14-22-36)40-30-34(44-4)28-32(6-2)42(40)46-48(37-23-15-9-16-24-37)38-25-17-10-18-26-38/h5-6,27-30,35-38H,1-2,7-26H2,3-4H3. The molecule has 0 amide bonds. The molecule has 4 aliphatic rings. The SMILES string of the molecule is C=Cc1cc(OC)cc(-c2cc(OC)cc(C=C)c2OP(C2CCCCC2)C2CCCCC2)c1OP(C1CCCCC1)C1CCCCC1. The van der Waals surface area contributed by atoms with Crippen LogP contribution in [0.5, 0.6) is 23.0 Å². The number of hydrogen-bond donors (Lipinski definition) is 0. The number of methoxy groups -OCH3 is 2. The van der Waals surface area contributed by atoms with Crippen LogP contribution in [0.2, 0.25) is 0 Å². The van der Waals surface area contributed by atoms with E-state index in [9.17, 15) is 0 Å². The van der Waals surface area contributed by atoms with E-state index in [0.29, 0.717) is 22.6 Å². The lowest BCUT2D eigenvalue weighted by atomic mass is 9.97. The second-order valence-corrected chi connectivity index (χ2v) is 19.4. The first-order valence-electron chi connectivity index (χ1n) is 19.3. The van der Waals surface area contributed by atoms with Crippen molar-refractivity contribution < 1.29 is 18.5 Å². The van der Waals surface area contributed by atoms with Gasteiger partial charge in [0.1, 0.15) is 23.0 Å². The van der Waals surface area contributed by atoms with Gasteiger partial charge in [0.15, 0.2) is 0 Å². The van der Waals surface area contributed by atoms with Crippen LogP contribution in [-0.4, -0.2) is 36.9 Å². The topological polar surface area (TPSA) is 36.9 Å². The molecule has 6 heteroatoms. The molecule has 4 fully saturated rings. The Morgan fingerprint density at radius 1 is 0.479 bits per heavy atom. The Morgan fingerprint density at radius 3 is 1.02 bits per heavy atom. The smallest absolute Gasteiger partial charge is 0.138 e. The molecule has 0 aromatic heterocycles. The van der Waals surface area contributed by atoms with Crippen molar-refractivity contribution in [3.63, 3.8) is 0 Å². The fourth-order valence-corrected chi connectivity index (χ4v) is 15.0. The summed E-state index contributed by atoms with van der Waals surface area (Å²) in [5.41, 5.74) is 6.67. The van der Waals surface area contributed by atoms with Gasteiger partial charge in [0.25, 0.3) is 0 Å². The first-order chi connectivity index (χ1) is 23.6. The molecule has 2 aromatic carbocycles. The maximum absolute atomic E-state index is 7.56. The van der Waals surface area contributed by atoms with E-state index in [0.717, 1.165) is 45.3 Å². The molecule has 0 atom stereocenters. The number of hydrogen-bond acceptors (Lipinski definition) is 4. The summed E-state index contributed by atoms with van der Waals surface area (Å²) in [6.07, 6.45) is 30.3. The van der Waals surface area contributed by atoms with Gasteiger partial charge in [0.2, 0.25) is 0 Å². The first kappa shape index (κ1) is 35.8. The molecule has 0 unspecified atom stereocenters. The molecule has 0 aliphatic heterocycles. The van der Waals surface area contributed by atoms with E-state index in [1.54, 1.807) is 14.2 Å². The third-order valence-corrected chi connectivity index (χ3v) is 17.2. The maximum Gasteiger partial charge on any atom is 0.138 e. The molecule has 48 heavy (non-hydrogen) atoms. The molecule has 2 aromatic rings. The van der Waals surface area contributed by atoms with Crippen molar-refractivity contribution in [2.45, 2.75) is 151 Å². The van der Waals surface area contributed by atoms with Gasteiger partial charge in [-0.3, -0.25) is 0 Å². The zero-order chi connectivity index (χ0) is 33.3. The van der Waals surface area contributed by atoms with Crippen molar-refractivity contribution in [2.24, 2.45) is 0 Å². The molecule has 0 heterocycles. The van der Waals surface area contributed by atoms with E-state index < -0.39 is 16.3 Å². The molecule has 4 aliphatic carbocycles. The van der Waals surface area contributed by atoms with Gasteiger partial charge < -0.3 is 18.5 Å². The van der Waals surface area contributed by atoms with Gasteiger partial charge in [-0.1, -0.05) is 102 Å². The van der Waals surface area contributed by atoms with Crippen molar-refractivity contribution in [1.29, 1.82) is 0 Å². The second-order valence-electron chi connectivity index (χ2n) is 14.7. The van der Waals surface area contributed by atoms with Crippen molar-refractivity contribution in [1.82, 2.24) is 0 Å². The molecule has 0 bridgehead atoms. The van der Waals surface area contributed by atoms with E-state index >= 15 is 0 Å². The van der Waals surface area contributed by atoms with Gasteiger partial charge in [0.05, 0.1) is 30.5 Å². The van der Waals surface area contributed by atoms with Crippen LogP contribution in [0, 0.1) is 0 Å². The van der Waals surface area contributed by atoms with Crippen LogP contribution in [0.4, 0.5) is 0 Å². The highest BCUT2D eigenvalue weighted by Crippen LogP contribution is 2.61. The van der Waals surface area contributed by atoms with E-state index in [-0.39, 0.29) is 0 Å². The fraction of sp³-hybridized carbons (Fsp3) is 0.619. The van der Waals surface area contributed by atoms with Crippen LogP contribution in [0.1, 0.15) is 140 Å². The summed E-state index contributed by atoms with van der Waals surface area (Å²) in [6, 6.07) is 8.56. The van der Waals surface area contributed by atoms with Crippen molar-refractivity contribution in [2.75, 3.05) is 14.2 Å². The van der Waals surface area contributed by atoms with Crippen molar-refractivity contribution >= 4 is 28.4 Å². The summed E-state index contributed by atoms with van der Waals surface area (Å²) in [7, 11) is 2.19. The Balaban J connectivity index is 1.49. The lowest BCUT2D eigenvalue weighted by molar-refractivity contribution is 0.412. The minimum atomic E-state index is -0.662. The lowest BCUT2D eigenvalue weighted by Gasteiger charge is -2.39. The Morgan fingerprint density at radius 2 is 0.771 bits per heavy atom. The highest BCUT2D eigenvalue weighted by molar-refractivity contribution is 7.55. The molecule has 4 nitrogen and oxygen atoms in total. The quantitative estimate of drug-likeness (QED) is 0.196. The molecular weight excluding hydrogens is 630 g/mol. The second kappa shape index (κ2) is 17.8. The van der Waals surface area contributed by atoms with Gasteiger partial charge in [0, 0.05) is 44.9 Å². The largest absolute Gasteiger partial charge is 0.497 e. The molecule has 0 saturated heterocycles. The molecule has 262 valence electrons. The van der Waals surface area contributed by atoms with Crippen LogP contribution in [0.3, 0.4) is 0 Å². The van der Waals surface area contributed by atoms with Crippen LogP contribution in [0.15, 0.2) is 37.4 Å². The monoisotopic (exact) mass is 690 g/mol. The fourth-order valence-electron chi connectivity index (χ4n) is 8.84. The number of benzene rings is 2. The van der Waals surface area contributed by atoms with E-state index in [1.165, 1.54) is 128 Å². The predicted molar refractivity (Wildman–Crippen MR) is 208 cm³/mol. The zero-order valence-corrected chi connectivity index (χ0v) is 31.6. The maximum atomic E-state index is 7.56. The molecular formula is C42H60O4P2. The van der Waals surface area contributed by atoms with Crippen LogP contribution in [0.25, 0.3) is 23.3 Å². The number of ether oxygens (including phenoxy) is 2. The minimum Gasteiger partial charge on any atom is -0.497 e. The van der Waals surface area contributed by atoms with E-state index in [4.69, 9.17) is 18.5 Å². The van der Waals surface area contributed by atoms with Gasteiger partial charge >= 0.3 is 0 Å². The third-order valence-electron chi connectivity index (χ3n) is 11.5. The van der Waals surface area contributed by atoms with Crippen LogP contribution >= 0.6 is 16.3 Å². The van der Waals surface area contributed by atoms with Gasteiger partial charge in [-0.05, 0) is 75.6 Å². The van der Waals surface area contributed by atoms with Gasteiger partial charge in [-0.15, -0.1) is 0 Å². The molecule has 0 radical (unpaired) electrons. The van der Waals surface area contributed by atoms with E-state index in [2.05, 4.69) is 37.4 Å². The Kier molecular flexibility index (Phi) is 13.2. The highest BCUT2D eigenvalue weighted by Gasteiger charge is 2.37. The summed E-state index contributed by atoms with van der Waals surface area (Å²) in [5.74, 6) is 3.51. The van der Waals surface area contributed by atoms with Crippen molar-refractivity contribution in [3.8, 4) is 34.1 Å². The molecule has 4 saturated carbocycles. The van der Waals surface area contributed by atoms with Crippen LogP contribution < -0.4 is 18.5 Å². The molecule has 0 N–H and O–H groups in total. The van der Waals surface area contributed by atoms with Gasteiger partial charge in [-0.2, -0.15) is 0 Å². The highest BCUT2D eigenvalue weighted by atomic mass is 31.1. The third kappa shape index (κ3) is 8.46. The normalized spacial score (nSPS) is 20.5. The minimum absolute atomic E-state index is 0.652. The molecule has 0 spiro atoms. The van der Waals surface area contributed by atoms with Crippen molar-refractivity contribution in [3.05, 3.63) is 48.6 Å². The average molecular weight is 691 g/mol. The summed E-state index contributed by atoms with van der Waals surface area (Å²) in [5, 5.41) is 0. The lowest BCUT2D eigenvalue weighted by Crippen LogP contribution is -2.23.